The standard InChI is InChI=1S/C18H19N3O5/c1-20(12-11-19-17(22)13-14-5-3-2-4-6-14)18(23)26-16-9-7-15(8-10-16)21(24)25/h2-10H,11-13H2,1H3,(H,19,22). The molecule has 0 aromatic heterocycles. The van der Waals surface area contributed by atoms with Crippen molar-refractivity contribution in [3.8, 4) is 5.75 Å². The van der Waals surface area contributed by atoms with E-state index in [-0.39, 0.29) is 36.9 Å². The van der Waals surface area contributed by atoms with Crippen molar-refractivity contribution in [3.05, 3.63) is 70.3 Å². The predicted molar refractivity (Wildman–Crippen MR) is 94.9 cm³/mol. The Labute approximate surface area is 150 Å². The molecule has 8 nitrogen and oxygen atoms in total. The van der Waals surface area contributed by atoms with Gasteiger partial charge in [0.05, 0.1) is 11.3 Å². The smallest absolute Gasteiger partial charge is 0.410 e. The summed E-state index contributed by atoms with van der Waals surface area (Å²) in [6, 6.07) is 14.6. The van der Waals surface area contributed by atoms with Gasteiger partial charge in [0.25, 0.3) is 5.69 Å². The lowest BCUT2D eigenvalue weighted by Crippen LogP contribution is -2.37. The molecule has 0 spiro atoms. The first-order valence-electron chi connectivity index (χ1n) is 7.94. The number of nitrogens with one attached hydrogen (secondary N) is 1. The molecular formula is C18H19N3O5. The molecule has 0 saturated heterocycles. The van der Waals surface area contributed by atoms with Gasteiger partial charge in [-0.15, -0.1) is 0 Å². The van der Waals surface area contributed by atoms with Crippen LogP contribution in [0.3, 0.4) is 0 Å². The van der Waals surface area contributed by atoms with Crippen molar-refractivity contribution in [2.75, 3.05) is 20.1 Å². The van der Waals surface area contributed by atoms with Crippen LogP contribution >= 0.6 is 0 Å². The fourth-order valence-electron chi connectivity index (χ4n) is 2.11. The molecule has 136 valence electrons. The number of benzene rings is 2. The van der Waals surface area contributed by atoms with Gasteiger partial charge in [0.15, 0.2) is 0 Å². The minimum Gasteiger partial charge on any atom is -0.410 e. The summed E-state index contributed by atoms with van der Waals surface area (Å²) in [7, 11) is 1.54. The Morgan fingerprint density at radius 2 is 1.77 bits per heavy atom. The van der Waals surface area contributed by atoms with Gasteiger partial charge in [-0.2, -0.15) is 0 Å². The summed E-state index contributed by atoms with van der Waals surface area (Å²) >= 11 is 0. The van der Waals surface area contributed by atoms with Gasteiger partial charge in [-0.25, -0.2) is 4.79 Å². The zero-order valence-electron chi connectivity index (χ0n) is 14.3. The van der Waals surface area contributed by atoms with E-state index >= 15 is 0 Å². The van der Waals surface area contributed by atoms with Crippen LogP contribution in [0.5, 0.6) is 5.75 Å². The van der Waals surface area contributed by atoms with Crippen LogP contribution in [0.25, 0.3) is 0 Å². The molecule has 8 heteroatoms. The number of nitrogens with zero attached hydrogens (tertiary/aromatic N) is 2. The normalized spacial score (nSPS) is 10.0. The molecule has 0 fully saturated rings. The molecule has 2 rings (SSSR count). The van der Waals surface area contributed by atoms with Gasteiger partial charge in [0.2, 0.25) is 5.91 Å². The molecule has 2 amide bonds. The summed E-state index contributed by atoms with van der Waals surface area (Å²) in [6.45, 7) is 0.559. The third-order valence-corrected chi connectivity index (χ3v) is 3.54. The van der Waals surface area contributed by atoms with Gasteiger partial charge in [0.1, 0.15) is 5.75 Å². The van der Waals surface area contributed by atoms with E-state index < -0.39 is 11.0 Å². The van der Waals surface area contributed by atoms with Crippen LogP contribution in [0.4, 0.5) is 10.5 Å². The number of non-ortho nitro benzene ring substituents is 1. The number of ether oxygens (including phenoxy) is 1. The highest BCUT2D eigenvalue weighted by Gasteiger charge is 2.13. The Kier molecular flexibility index (Phi) is 6.67. The number of hydrogen-bond donors (Lipinski definition) is 1. The first kappa shape index (κ1) is 18.9. The third-order valence-electron chi connectivity index (χ3n) is 3.54. The van der Waals surface area contributed by atoms with Crippen molar-refractivity contribution in [2.24, 2.45) is 0 Å². The Balaban J connectivity index is 1.73. The summed E-state index contributed by atoms with van der Waals surface area (Å²) in [4.78, 5) is 35.2. The van der Waals surface area contributed by atoms with E-state index in [9.17, 15) is 19.7 Å². The summed E-state index contributed by atoms with van der Waals surface area (Å²) < 4.78 is 5.12. The average Bonchev–Trinajstić information content (AvgIpc) is 2.62. The topological polar surface area (TPSA) is 102 Å². The second-order valence-corrected chi connectivity index (χ2v) is 5.55. The number of nitro benzene ring substituents is 1. The predicted octanol–water partition coefficient (Wildman–Crippen LogP) is 2.38. The van der Waals surface area contributed by atoms with Crippen molar-refractivity contribution in [1.82, 2.24) is 10.2 Å². The zero-order valence-corrected chi connectivity index (χ0v) is 14.3. The van der Waals surface area contributed by atoms with Crippen LogP contribution in [-0.4, -0.2) is 42.0 Å². The lowest BCUT2D eigenvalue weighted by Gasteiger charge is -2.17. The van der Waals surface area contributed by atoms with Gasteiger partial charge < -0.3 is 15.0 Å². The summed E-state index contributed by atoms with van der Waals surface area (Å²) in [6.07, 6.45) is -0.339. The van der Waals surface area contributed by atoms with Gasteiger partial charge >= 0.3 is 6.09 Å². The highest BCUT2D eigenvalue weighted by molar-refractivity contribution is 5.78. The number of carbonyl (C=O) groups excluding carboxylic acids is 2. The van der Waals surface area contributed by atoms with E-state index in [1.807, 2.05) is 30.3 Å². The maximum Gasteiger partial charge on any atom is 0.415 e. The Morgan fingerprint density at radius 1 is 1.12 bits per heavy atom. The summed E-state index contributed by atoms with van der Waals surface area (Å²) in [5.41, 5.74) is 0.829. The molecule has 2 aromatic carbocycles. The van der Waals surface area contributed by atoms with Crippen molar-refractivity contribution < 1.29 is 19.2 Å². The molecular weight excluding hydrogens is 338 g/mol. The molecule has 0 unspecified atom stereocenters. The van der Waals surface area contributed by atoms with E-state index in [2.05, 4.69) is 5.32 Å². The molecule has 0 atom stereocenters. The Bertz CT molecular complexity index is 762. The van der Waals surface area contributed by atoms with Crippen molar-refractivity contribution in [1.29, 1.82) is 0 Å². The quantitative estimate of drug-likeness (QED) is 0.605. The van der Waals surface area contributed by atoms with E-state index in [0.29, 0.717) is 0 Å². The van der Waals surface area contributed by atoms with Crippen LogP contribution < -0.4 is 10.1 Å². The molecule has 0 heterocycles. The van der Waals surface area contributed by atoms with Crippen molar-refractivity contribution in [3.63, 3.8) is 0 Å². The highest BCUT2D eigenvalue weighted by atomic mass is 16.6. The fourth-order valence-corrected chi connectivity index (χ4v) is 2.11. The van der Waals surface area contributed by atoms with E-state index in [1.54, 1.807) is 0 Å². The lowest BCUT2D eigenvalue weighted by atomic mass is 10.1. The molecule has 0 bridgehead atoms. The fraction of sp³-hybridized carbons (Fsp3) is 0.222. The molecule has 0 aliphatic heterocycles. The van der Waals surface area contributed by atoms with Crippen LogP contribution in [-0.2, 0) is 11.2 Å². The van der Waals surface area contributed by atoms with E-state index in [1.165, 1.54) is 36.2 Å². The minimum absolute atomic E-state index is 0.0840. The molecule has 0 radical (unpaired) electrons. The maximum absolute atomic E-state index is 12.0. The molecule has 0 aliphatic rings. The first-order valence-corrected chi connectivity index (χ1v) is 7.94. The highest BCUT2D eigenvalue weighted by Crippen LogP contribution is 2.17. The molecule has 1 N–H and O–H groups in total. The van der Waals surface area contributed by atoms with Crippen LogP contribution in [0, 0.1) is 10.1 Å². The number of carbonyl (C=O) groups is 2. The SMILES string of the molecule is CN(CCNC(=O)Cc1ccccc1)C(=O)Oc1ccc([N+](=O)[O-])cc1. The largest absolute Gasteiger partial charge is 0.415 e. The van der Waals surface area contributed by atoms with Crippen LogP contribution in [0.2, 0.25) is 0 Å². The average molecular weight is 357 g/mol. The Hall–Kier alpha value is -3.42. The molecule has 0 aliphatic carbocycles. The van der Waals surface area contributed by atoms with Gasteiger partial charge in [-0.05, 0) is 17.7 Å². The summed E-state index contributed by atoms with van der Waals surface area (Å²) in [5, 5.41) is 13.3. The number of likely N-dealkylation sites (N-methyl/N-ethyl adjacent to an activating group) is 1. The molecule has 26 heavy (non-hydrogen) atoms. The maximum atomic E-state index is 12.0. The van der Waals surface area contributed by atoms with Crippen molar-refractivity contribution >= 4 is 17.7 Å². The number of nitro groups is 1. The minimum atomic E-state index is -0.615. The third kappa shape index (κ3) is 5.90. The van der Waals surface area contributed by atoms with Crippen LogP contribution in [0.1, 0.15) is 5.56 Å². The Morgan fingerprint density at radius 3 is 2.38 bits per heavy atom. The monoisotopic (exact) mass is 357 g/mol. The van der Waals surface area contributed by atoms with Gasteiger partial charge in [0, 0.05) is 32.3 Å². The number of rotatable bonds is 7. The van der Waals surface area contributed by atoms with Gasteiger partial charge in [-0.3, -0.25) is 14.9 Å². The first-order chi connectivity index (χ1) is 12.5. The lowest BCUT2D eigenvalue weighted by molar-refractivity contribution is -0.384. The van der Waals surface area contributed by atoms with Gasteiger partial charge in [-0.1, -0.05) is 30.3 Å². The zero-order chi connectivity index (χ0) is 18.9. The summed E-state index contributed by atoms with van der Waals surface area (Å²) in [5.74, 6) is 0.0777. The molecule has 2 aromatic rings. The van der Waals surface area contributed by atoms with Crippen LogP contribution in [0.15, 0.2) is 54.6 Å². The molecule has 0 saturated carbocycles. The van der Waals surface area contributed by atoms with E-state index in [4.69, 9.17) is 4.74 Å². The second-order valence-electron chi connectivity index (χ2n) is 5.55. The van der Waals surface area contributed by atoms with Crippen molar-refractivity contribution in [2.45, 2.75) is 6.42 Å². The van der Waals surface area contributed by atoms with E-state index in [0.717, 1.165) is 5.56 Å². The number of amides is 2. The number of hydrogen-bond acceptors (Lipinski definition) is 5. The second kappa shape index (κ2) is 9.16.